The molecule has 0 amide bonds. The molecule has 1 fully saturated rings. The van der Waals surface area contributed by atoms with Crippen molar-refractivity contribution < 1.29 is 4.74 Å². The third-order valence-corrected chi connectivity index (χ3v) is 4.41. The van der Waals surface area contributed by atoms with E-state index >= 15 is 0 Å². The normalized spacial score (nSPS) is 20.8. The van der Waals surface area contributed by atoms with Crippen molar-refractivity contribution in [2.75, 3.05) is 19.0 Å². The maximum Gasteiger partial charge on any atom is 0.351 e. The molecule has 1 aliphatic rings. The van der Waals surface area contributed by atoms with Crippen molar-refractivity contribution in [3.05, 3.63) is 22.7 Å². The van der Waals surface area contributed by atoms with Crippen LogP contribution in [0.25, 0.3) is 0 Å². The number of ether oxygens (including phenoxy) is 1. The van der Waals surface area contributed by atoms with Crippen molar-refractivity contribution in [3.8, 4) is 0 Å². The summed E-state index contributed by atoms with van der Waals surface area (Å²) in [7, 11) is 3.75. The lowest BCUT2D eigenvalue weighted by atomic mass is 9.83. The Kier molecular flexibility index (Phi) is 7.26. The Morgan fingerprint density at radius 1 is 1.35 bits per heavy atom. The Balaban J connectivity index is 0.00000127. The Morgan fingerprint density at radius 2 is 2.00 bits per heavy atom. The molecule has 2 rings (SSSR count). The molecular weight excluding hydrogens is 290 g/mol. The Hall–Kier alpha value is -1.36. The number of anilines is 1. The van der Waals surface area contributed by atoms with Gasteiger partial charge in [0.1, 0.15) is 12.0 Å². The van der Waals surface area contributed by atoms with Crippen LogP contribution >= 0.6 is 0 Å². The standard InChI is InChI=1S/C16H27N3O2.C2H6/c1-6-16(2,3)11-12-7-8-14(21-12)19-10-9-13(18(4)5)17-15(19)20;1-2/h9-10,12,14H,6-8,11H2,1-5H3;1-2H3/t12?,14-;/m1./s1. The van der Waals surface area contributed by atoms with Gasteiger partial charge in [0, 0.05) is 20.3 Å². The van der Waals surface area contributed by atoms with E-state index in [1.54, 1.807) is 10.8 Å². The van der Waals surface area contributed by atoms with Gasteiger partial charge in [-0.25, -0.2) is 4.79 Å². The minimum Gasteiger partial charge on any atom is -0.363 e. The number of hydrogen-bond donors (Lipinski definition) is 0. The first-order valence-corrected chi connectivity index (χ1v) is 8.74. The predicted octanol–water partition coefficient (Wildman–Crippen LogP) is 3.84. The van der Waals surface area contributed by atoms with Crippen molar-refractivity contribution in [2.45, 2.75) is 72.6 Å². The fourth-order valence-corrected chi connectivity index (χ4v) is 2.67. The summed E-state index contributed by atoms with van der Waals surface area (Å²) in [6.07, 6.45) is 5.94. The third-order valence-electron chi connectivity index (χ3n) is 4.41. The molecule has 1 aromatic heterocycles. The Labute approximate surface area is 140 Å². The van der Waals surface area contributed by atoms with Crippen LogP contribution in [0.4, 0.5) is 5.82 Å². The summed E-state index contributed by atoms with van der Waals surface area (Å²) < 4.78 is 7.69. The monoisotopic (exact) mass is 323 g/mol. The number of aromatic nitrogens is 2. The van der Waals surface area contributed by atoms with Gasteiger partial charge in [0.2, 0.25) is 0 Å². The van der Waals surface area contributed by atoms with Crippen LogP contribution in [0.1, 0.15) is 66.5 Å². The average Bonchev–Trinajstić information content (AvgIpc) is 2.96. The predicted molar refractivity (Wildman–Crippen MR) is 96.0 cm³/mol. The molecule has 23 heavy (non-hydrogen) atoms. The molecule has 132 valence electrons. The molecule has 2 atom stereocenters. The zero-order valence-electron chi connectivity index (χ0n) is 15.8. The molecule has 0 aliphatic carbocycles. The molecule has 0 aromatic carbocycles. The lowest BCUT2D eigenvalue weighted by molar-refractivity contribution is -0.0193. The second-order valence-corrected chi connectivity index (χ2v) is 6.88. The van der Waals surface area contributed by atoms with Gasteiger partial charge in [0.15, 0.2) is 0 Å². The highest BCUT2D eigenvalue weighted by molar-refractivity contribution is 5.33. The van der Waals surface area contributed by atoms with Crippen molar-refractivity contribution in [3.63, 3.8) is 0 Å². The fraction of sp³-hybridized carbons (Fsp3) is 0.778. The maximum absolute atomic E-state index is 12.1. The zero-order valence-corrected chi connectivity index (χ0v) is 15.8. The SMILES string of the molecule is CC.CCC(C)(C)CC1CC[C@H](n2ccc(N(C)C)nc2=O)O1. The second kappa shape index (κ2) is 8.48. The van der Waals surface area contributed by atoms with Gasteiger partial charge in [-0.15, -0.1) is 0 Å². The van der Waals surface area contributed by atoms with Gasteiger partial charge in [0.25, 0.3) is 0 Å². The Morgan fingerprint density at radius 3 is 2.52 bits per heavy atom. The van der Waals surface area contributed by atoms with E-state index in [2.05, 4.69) is 25.8 Å². The molecule has 0 bridgehead atoms. The van der Waals surface area contributed by atoms with Gasteiger partial charge < -0.3 is 9.64 Å². The van der Waals surface area contributed by atoms with E-state index in [0.717, 1.165) is 25.7 Å². The van der Waals surface area contributed by atoms with Gasteiger partial charge in [0.05, 0.1) is 6.10 Å². The van der Waals surface area contributed by atoms with Gasteiger partial charge in [-0.05, 0) is 30.7 Å². The van der Waals surface area contributed by atoms with E-state index in [-0.39, 0.29) is 23.4 Å². The van der Waals surface area contributed by atoms with E-state index in [9.17, 15) is 4.79 Å². The van der Waals surface area contributed by atoms with Crippen molar-refractivity contribution in [2.24, 2.45) is 5.41 Å². The largest absolute Gasteiger partial charge is 0.363 e. The molecule has 0 radical (unpaired) electrons. The zero-order chi connectivity index (χ0) is 17.6. The molecule has 5 nitrogen and oxygen atoms in total. The highest BCUT2D eigenvalue weighted by Gasteiger charge is 2.31. The minimum absolute atomic E-state index is 0.168. The van der Waals surface area contributed by atoms with E-state index in [4.69, 9.17) is 4.74 Å². The quantitative estimate of drug-likeness (QED) is 0.826. The van der Waals surface area contributed by atoms with Gasteiger partial charge in [-0.3, -0.25) is 4.57 Å². The minimum atomic E-state index is -0.235. The van der Waals surface area contributed by atoms with Crippen molar-refractivity contribution in [1.82, 2.24) is 9.55 Å². The van der Waals surface area contributed by atoms with Crippen LogP contribution < -0.4 is 10.6 Å². The molecule has 1 unspecified atom stereocenters. The molecule has 0 saturated carbocycles. The second-order valence-electron chi connectivity index (χ2n) is 6.88. The molecule has 5 heteroatoms. The van der Waals surface area contributed by atoms with Gasteiger partial charge in [-0.2, -0.15) is 4.98 Å². The van der Waals surface area contributed by atoms with E-state index in [1.807, 2.05) is 38.9 Å². The number of rotatable bonds is 5. The van der Waals surface area contributed by atoms with Crippen molar-refractivity contribution >= 4 is 5.82 Å². The van der Waals surface area contributed by atoms with E-state index in [1.165, 1.54) is 0 Å². The van der Waals surface area contributed by atoms with Crippen LogP contribution in [0.2, 0.25) is 0 Å². The van der Waals surface area contributed by atoms with Crippen LogP contribution in [0, 0.1) is 5.41 Å². The lowest BCUT2D eigenvalue weighted by Gasteiger charge is -2.26. The summed E-state index contributed by atoms with van der Waals surface area (Å²) in [6, 6.07) is 1.86. The summed E-state index contributed by atoms with van der Waals surface area (Å²) in [5.74, 6) is 0.679. The molecular formula is C18H33N3O2. The molecule has 0 spiro atoms. The fourth-order valence-electron chi connectivity index (χ4n) is 2.67. The summed E-state index contributed by atoms with van der Waals surface area (Å²) in [5, 5.41) is 0. The van der Waals surface area contributed by atoms with Crippen LogP contribution in [0.5, 0.6) is 0 Å². The maximum atomic E-state index is 12.1. The van der Waals surface area contributed by atoms with Crippen LogP contribution in [0.15, 0.2) is 17.1 Å². The summed E-state index contributed by atoms with van der Waals surface area (Å²) in [5.41, 5.74) is 0.0546. The summed E-state index contributed by atoms with van der Waals surface area (Å²) in [6.45, 7) is 10.7. The lowest BCUT2D eigenvalue weighted by Crippen LogP contribution is -2.29. The molecule has 2 heterocycles. The number of nitrogens with zero attached hydrogens (tertiary/aromatic N) is 3. The van der Waals surface area contributed by atoms with Crippen LogP contribution in [0.3, 0.4) is 0 Å². The Bertz CT molecular complexity index is 537. The van der Waals surface area contributed by atoms with Gasteiger partial charge in [-0.1, -0.05) is 41.0 Å². The first kappa shape index (κ1) is 19.7. The highest BCUT2D eigenvalue weighted by atomic mass is 16.5. The van der Waals surface area contributed by atoms with Crippen LogP contribution in [-0.4, -0.2) is 29.8 Å². The first-order chi connectivity index (χ1) is 10.8. The van der Waals surface area contributed by atoms with Crippen molar-refractivity contribution in [1.29, 1.82) is 0 Å². The van der Waals surface area contributed by atoms with Gasteiger partial charge >= 0.3 is 5.69 Å². The third kappa shape index (κ3) is 5.34. The average molecular weight is 323 g/mol. The topological polar surface area (TPSA) is 47.4 Å². The smallest absolute Gasteiger partial charge is 0.351 e. The highest BCUT2D eigenvalue weighted by Crippen LogP contribution is 2.36. The molecule has 1 aromatic rings. The number of hydrogen-bond acceptors (Lipinski definition) is 4. The van der Waals surface area contributed by atoms with E-state index in [0.29, 0.717) is 5.82 Å². The summed E-state index contributed by atoms with van der Waals surface area (Å²) in [4.78, 5) is 18.0. The molecule has 0 N–H and O–H groups in total. The summed E-state index contributed by atoms with van der Waals surface area (Å²) >= 11 is 0. The van der Waals surface area contributed by atoms with Crippen LogP contribution in [-0.2, 0) is 4.74 Å². The molecule has 1 aliphatic heterocycles. The molecule has 1 saturated heterocycles. The first-order valence-electron chi connectivity index (χ1n) is 8.74. The van der Waals surface area contributed by atoms with E-state index < -0.39 is 0 Å².